The van der Waals surface area contributed by atoms with Gasteiger partial charge in [-0.25, -0.2) is 4.79 Å². The highest BCUT2D eigenvalue weighted by molar-refractivity contribution is 5.98. The number of carboxylic acid groups (broad SMARTS) is 1. The van der Waals surface area contributed by atoms with Gasteiger partial charge in [0, 0.05) is 11.1 Å². The second-order valence-electron chi connectivity index (χ2n) is 5.12. The van der Waals surface area contributed by atoms with Crippen molar-refractivity contribution in [2.45, 2.75) is 37.6 Å². The van der Waals surface area contributed by atoms with Crippen molar-refractivity contribution in [3.63, 3.8) is 0 Å². The standard InChI is InChI=1S/C16H17NO3/c1-2-12-6-8-13(9-7-12)14(18)17-16(15(19)20)10-4-3-5-11-16/h1,6-9H,3-5,10-11H2,(H,17,18)(H,19,20). The number of benzene rings is 1. The van der Waals surface area contributed by atoms with E-state index in [4.69, 9.17) is 6.42 Å². The van der Waals surface area contributed by atoms with Crippen LogP contribution in [-0.2, 0) is 4.79 Å². The highest BCUT2D eigenvalue weighted by atomic mass is 16.4. The van der Waals surface area contributed by atoms with Gasteiger partial charge < -0.3 is 10.4 Å². The molecule has 0 aliphatic heterocycles. The number of nitrogens with one attached hydrogen (secondary N) is 1. The van der Waals surface area contributed by atoms with E-state index >= 15 is 0 Å². The third-order valence-electron chi connectivity index (χ3n) is 3.78. The normalized spacial score (nSPS) is 16.9. The van der Waals surface area contributed by atoms with Crippen molar-refractivity contribution in [3.05, 3.63) is 35.4 Å². The zero-order valence-electron chi connectivity index (χ0n) is 11.2. The van der Waals surface area contributed by atoms with Crippen LogP contribution in [0.25, 0.3) is 0 Å². The molecule has 2 rings (SSSR count). The summed E-state index contributed by atoms with van der Waals surface area (Å²) in [6, 6.07) is 6.57. The van der Waals surface area contributed by atoms with E-state index in [9.17, 15) is 14.7 Å². The molecule has 0 heterocycles. The maximum atomic E-state index is 12.2. The first-order valence-electron chi connectivity index (χ1n) is 6.70. The number of hydrogen-bond donors (Lipinski definition) is 2. The molecule has 4 heteroatoms. The van der Waals surface area contributed by atoms with E-state index in [1.54, 1.807) is 24.3 Å². The van der Waals surface area contributed by atoms with Crippen molar-refractivity contribution < 1.29 is 14.7 Å². The van der Waals surface area contributed by atoms with Gasteiger partial charge in [-0.05, 0) is 37.1 Å². The molecule has 1 aromatic rings. The average molecular weight is 271 g/mol. The van der Waals surface area contributed by atoms with E-state index in [-0.39, 0.29) is 5.91 Å². The minimum atomic E-state index is -1.12. The fourth-order valence-electron chi connectivity index (χ4n) is 2.55. The average Bonchev–Trinajstić information content (AvgIpc) is 2.48. The molecule has 1 fully saturated rings. The van der Waals surface area contributed by atoms with Gasteiger partial charge in [-0.1, -0.05) is 25.2 Å². The first-order valence-corrected chi connectivity index (χ1v) is 6.70. The second kappa shape index (κ2) is 5.79. The van der Waals surface area contributed by atoms with Crippen LogP contribution in [0, 0.1) is 12.3 Å². The van der Waals surface area contributed by atoms with Gasteiger partial charge in [-0.2, -0.15) is 0 Å². The van der Waals surface area contributed by atoms with Crippen LogP contribution in [0.4, 0.5) is 0 Å². The molecular weight excluding hydrogens is 254 g/mol. The molecule has 1 aliphatic carbocycles. The molecule has 1 saturated carbocycles. The lowest BCUT2D eigenvalue weighted by Gasteiger charge is -2.34. The fourth-order valence-corrected chi connectivity index (χ4v) is 2.55. The van der Waals surface area contributed by atoms with E-state index in [1.165, 1.54) is 0 Å². The molecule has 1 aliphatic rings. The van der Waals surface area contributed by atoms with Gasteiger partial charge >= 0.3 is 5.97 Å². The van der Waals surface area contributed by atoms with Gasteiger partial charge in [0.15, 0.2) is 0 Å². The number of carbonyl (C=O) groups excluding carboxylic acids is 1. The van der Waals surface area contributed by atoms with Gasteiger partial charge in [0.1, 0.15) is 5.54 Å². The molecular formula is C16H17NO3. The summed E-state index contributed by atoms with van der Waals surface area (Å²) in [6.07, 6.45) is 8.88. The summed E-state index contributed by atoms with van der Waals surface area (Å²) in [4.78, 5) is 23.7. The van der Waals surface area contributed by atoms with Gasteiger partial charge in [0.25, 0.3) is 5.91 Å². The zero-order valence-corrected chi connectivity index (χ0v) is 11.2. The predicted octanol–water partition coefficient (Wildman–Crippen LogP) is 2.19. The van der Waals surface area contributed by atoms with Gasteiger partial charge in [0.2, 0.25) is 0 Å². The van der Waals surface area contributed by atoms with Crippen molar-refractivity contribution in [2.75, 3.05) is 0 Å². The number of rotatable bonds is 3. The van der Waals surface area contributed by atoms with Crippen molar-refractivity contribution in [1.29, 1.82) is 0 Å². The molecule has 2 N–H and O–H groups in total. The van der Waals surface area contributed by atoms with Crippen LogP contribution in [0.1, 0.15) is 48.0 Å². The van der Waals surface area contributed by atoms with E-state index in [2.05, 4.69) is 11.2 Å². The SMILES string of the molecule is C#Cc1ccc(C(=O)NC2(C(=O)O)CCCCC2)cc1. The van der Waals surface area contributed by atoms with Crippen LogP contribution in [0.5, 0.6) is 0 Å². The minimum absolute atomic E-state index is 0.363. The Morgan fingerprint density at radius 2 is 1.75 bits per heavy atom. The number of hydrogen-bond acceptors (Lipinski definition) is 2. The van der Waals surface area contributed by atoms with Crippen molar-refractivity contribution >= 4 is 11.9 Å². The summed E-state index contributed by atoms with van der Waals surface area (Å²) in [6.45, 7) is 0. The Bertz CT molecular complexity index is 548. The van der Waals surface area contributed by atoms with Crippen LogP contribution in [0.2, 0.25) is 0 Å². The highest BCUT2D eigenvalue weighted by Gasteiger charge is 2.41. The highest BCUT2D eigenvalue weighted by Crippen LogP contribution is 2.28. The Kier molecular flexibility index (Phi) is 4.09. The third kappa shape index (κ3) is 2.83. The molecule has 0 unspecified atom stereocenters. The molecule has 0 spiro atoms. The molecule has 1 amide bonds. The van der Waals surface area contributed by atoms with Gasteiger partial charge in [-0.3, -0.25) is 4.79 Å². The van der Waals surface area contributed by atoms with Crippen LogP contribution in [0.3, 0.4) is 0 Å². The minimum Gasteiger partial charge on any atom is -0.480 e. The van der Waals surface area contributed by atoms with Crippen molar-refractivity contribution in [3.8, 4) is 12.3 Å². The lowest BCUT2D eigenvalue weighted by atomic mass is 9.81. The van der Waals surface area contributed by atoms with Gasteiger partial charge in [0.05, 0.1) is 0 Å². The van der Waals surface area contributed by atoms with Crippen LogP contribution < -0.4 is 5.32 Å². The molecule has 0 atom stereocenters. The molecule has 1 aromatic carbocycles. The summed E-state index contributed by atoms with van der Waals surface area (Å²) < 4.78 is 0. The Morgan fingerprint density at radius 1 is 1.15 bits per heavy atom. The number of terminal acetylenes is 1. The fraction of sp³-hybridized carbons (Fsp3) is 0.375. The molecule has 0 bridgehead atoms. The topological polar surface area (TPSA) is 66.4 Å². The van der Waals surface area contributed by atoms with E-state index < -0.39 is 11.5 Å². The molecule has 0 aromatic heterocycles. The molecule has 104 valence electrons. The Hall–Kier alpha value is -2.28. The molecule has 0 saturated heterocycles. The second-order valence-corrected chi connectivity index (χ2v) is 5.12. The summed E-state index contributed by atoms with van der Waals surface area (Å²) in [5.41, 5.74) is -0.0116. The van der Waals surface area contributed by atoms with Gasteiger partial charge in [-0.15, -0.1) is 6.42 Å². The Morgan fingerprint density at radius 3 is 2.25 bits per heavy atom. The lowest BCUT2D eigenvalue weighted by Crippen LogP contribution is -2.55. The number of carboxylic acids is 1. The first-order chi connectivity index (χ1) is 9.57. The third-order valence-corrected chi connectivity index (χ3v) is 3.78. The first kappa shape index (κ1) is 14.1. The number of aliphatic carboxylic acids is 1. The summed E-state index contributed by atoms with van der Waals surface area (Å²) in [5.74, 6) is 1.16. The van der Waals surface area contributed by atoms with Crippen molar-refractivity contribution in [2.24, 2.45) is 0 Å². The quantitative estimate of drug-likeness (QED) is 0.828. The monoisotopic (exact) mass is 271 g/mol. The maximum Gasteiger partial charge on any atom is 0.329 e. The number of carbonyl (C=O) groups is 2. The van der Waals surface area contributed by atoms with Crippen LogP contribution in [-0.4, -0.2) is 22.5 Å². The smallest absolute Gasteiger partial charge is 0.329 e. The van der Waals surface area contributed by atoms with Crippen molar-refractivity contribution in [1.82, 2.24) is 5.32 Å². The summed E-state index contributed by atoms with van der Waals surface area (Å²) in [5, 5.41) is 12.1. The van der Waals surface area contributed by atoms with E-state index in [0.29, 0.717) is 24.0 Å². The largest absolute Gasteiger partial charge is 0.480 e. The Balaban J connectivity index is 2.16. The van der Waals surface area contributed by atoms with Crippen LogP contribution >= 0.6 is 0 Å². The summed E-state index contributed by atoms with van der Waals surface area (Å²) in [7, 11) is 0. The maximum absolute atomic E-state index is 12.2. The molecule has 0 radical (unpaired) electrons. The van der Waals surface area contributed by atoms with E-state index in [1.807, 2.05) is 0 Å². The molecule has 4 nitrogen and oxygen atoms in total. The lowest BCUT2D eigenvalue weighted by molar-refractivity contribution is -0.145. The Labute approximate surface area is 118 Å². The molecule has 20 heavy (non-hydrogen) atoms. The van der Waals surface area contributed by atoms with E-state index in [0.717, 1.165) is 19.3 Å². The summed E-state index contributed by atoms with van der Waals surface area (Å²) >= 11 is 0. The predicted molar refractivity (Wildman–Crippen MR) is 75.3 cm³/mol. The number of amides is 1. The zero-order chi connectivity index (χ0) is 14.6. The van der Waals surface area contributed by atoms with Crippen LogP contribution in [0.15, 0.2) is 24.3 Å².